The summed E-state index contributed by atoms with van der Waals surface area (Å²) in [7, 11) is 4.02. The summed E-state index contributed by atoms with van der Waals surface area (Å²) < 4.78 is 9.70. The van der Waals surface area contributed by atoms with Crippen molar-refractivity contribution in [3.8, 4) is 5.75 Å². The van der Waals surface area contributed by atoms with Crippen LogP contribution in [0.3, 0.4) is 0 Å². The topological polar surface area (TPSA) is 124 Å². The first kappa shape index (κ1) is 33.2. The highest BCUT2D eigenvalue weighted by Crippen LogP contribution is 2.39. The normalized spacial score (nSPS) is 16.2. The Labute approximate surface area is 279 Å². The molecule has 0 fully saturated rings. The predicted octanol–water partition coefficient (Wildman–Crippen LogP) is 6.98. The van der Waals surface area contributed by atoms with Crippen LogP contribution in [0.1, 0.15) is 68.1 Å². The zero-order chi connectivity index (χ0) is 33.2. The number of halogens is 2. The fraction of sp³-hybridized carbons (Fsp3) is 0.353. The number of nitrogens with zero attached hydrogens (tertiary/aromatic N) is 4. The first-order valence-corrected chi connectivity index (χ1v) is 15.9. The lowest BCUT2D eigenvalue weighted by atomic mass is 9.85. The number of aromatic nitrogens is 3. The Morgan fingerprint density at radius 3 is 2.41 bits per heavy atom. The molecule has 46 heavy (non-hydrogen) atoms. The van der Waals surface area contributed by atoms with Crippen LogP contribution in [0.5, 0.6) is 5.75 Å². The van der Waals surface area contributed by atoms with Gasteiger partial charge in [0.1, 0.15) is 29.0 Å². The van der Waals surface area contributed by atoms with E-state index in [2.05, 4.69) is 36.3 Å². The Kier molecular flexibility index (Phi) is 9.91. The number of rotatable bonds is 8. The van der Waals surface area contributed by atoms with Crippen molar-refractivity contribution >= 4 is 40.9 Å². The number of likely N-dealkylation sites (N-methyl/N-ethyl adjacent to an activating group) is 1. The maximum Gasteiger partial charge on any atom is 0.320 e. The van der Waals surface area contributed by atoms with Gasteiger partial charge in [0.2, 0.25) is 0 Å². The summed E-state index contributed by atoms with van der Waals surface area (Å²) in [6.07, 6.45) is 2.62. The van der Waals surface area contributed by atoms with Crippen LogP contribution in [0.2, 0.25) is 10.0 Å². The fourth-order valence-corrected chi connectivity index (χ4v) is 6.00. The van der Waals surface area contributed by atoms with E-state index in [1.54, 1.807) is 36.5 Å². The van der Waals surface area contributed by atoms with Crippen molar-refractivity contribution in [3.05, 3.63) is 105 Å². The van der Waals surface area contributed by atoms with Crippen molar-refractivity contribution in [1.29, 1.82) is 10.8 Å². The largest absolute Gasteiger partial charge is 0.484 e. The standard InChI is InChI=1S/C34H40Cl2N8O2/c1-34(2,3)28-19-30(44(41-28)18-17-42(4)5)40-33(45)39-26-14-15-27(23-10-7-6-9-22(23)26)46-21-13-16-29(37)43(20-21)32(38)31-24(35)11-8-12-25(31)36/h6-13,16,19-20,26-27,37-38H,14-15,17-18H2,1-5H3,(H2,39,40,45)/t26-,27+/m0/s1. The molecular weight excluding hydrogens is 623 g/mol. The zero-order valence-corrected chi connectivity index (χ0v) is 28.2. The molecule has 2 amide bonds. The van der Waals surface area contributed by atoms with Gasteiger partial charge in [0.25, 0.3) is 0 Å². The monoisotopic (exact) mass is 662 g/mol. The third-order valence-corrected chi connectivity index (χ3v) is 8.56. The van der Waals surface area contributed by atoms with E-state index in [-0.39, 0.29) is 34.9 Å². The number of hydrogen-bond acceptors (Lipinski definition) is 6. The second kappa shape index (κ2) is 13.7. The lowest BCUT2D eigenvalue weighted by molar-refractivity contribution is 0.171. The van der Waals surface area contributed by atoms with Gasteiger partial charge in [0.15, 0.2) is 0 Å². The number of anilines is 1. The SMILES string of the molecule is CN(C)CCn1nc(C(C)(C)C)cc1NC(=O)N[C@H]1CC[C@@H](Oc2ccc(=N)n(C(=N)c3c(Cl)cccc3Cl)c2)c2ccccc21. The summed E-state index contributed by atoms with van der Waals surface area (Å²) in [5.74, 6) is 1.13. The third kappa shape index (κ3) is 7.46. The van der Waals surface area contributed by atoms with Crippen LogP contribution >= 0.6 is 23.2 Å². The first-order chi connectivity index (χ1) is 21.8. The molecule has 0 saturated carbocycles. The average molecular weight is 664 g/mol. The molecular formula is C34H40Cl2N8O2. The second-order valence-electron chi connectivity index (χ2n) is 12.7. The molecule has 4 aromatic rings. The molecule has 2 atom stereocenters. The molecule has 12 heteroatoms. The number of hydrogen-bond donors (Lipinski definition) is 4. The Morgan fingerprint density at radius 2 is 1.74 bits per heavy atom. The zero-order valence-electron chi connectivity index (χ0n) is 26.7. The highest BCUT2D eigenvalue weighted by Gasteiger charge is 2.30. The Hall–Kier alpha value is -4.12. The summed E-state index contributed by atoms with van der Waals surface area (Å²) in [5.41, 5.74) is 3.13. The van der Waals surface area contributed by atoms with E-state index in [0.29, 0.717) is 46.6 Å². The van der Waals surface area contributed by atoms with Crippen LogP contribution in [0.15, 0.2) is 66.9 Å². The van der Waals surface area contributed by atoms with Gasteiger partial charge in [0.05, 0.1) is 40.1 Å². The molecule has 2 aromatic heterocycles. The summed E-state index contributed by atoms with van der Waals surface area (Å²) in [5, 5.41) is 28.8. The fourth-order valence-electron chi connectivity index (χ4n) is 5.43. The van der Waals surface area contributed by atoms with Crippen molar-refractivity contribution in [2.45, 2.75) is 57.7 Å². The first-order valence-electron chi connectivity index (χ1n) is 15.2. The smallest absolute Gasteiger partial charge is 0.320 e. The minimum Gasteiger partial charge on any atom is -0.484 e. The molecule has 10 nitrogen and oxygen atoms in total. The van der Waals surface area contributed by atoms with Crippen LogP contribution in [-0.2, 0) is 12.0 Å². The highest BCUT2D eigenvalue weighted by molar-refractivity contribution is 6.40. The molecule has 242 valence electrons. The molecule has 2 aromatic carbocycles. The second-order valence-corrected chi connectivity index (χ2v) is 13.5. The number of carbonyl (C=O) groups excluding carboxylic acids is 1. The van der Waals surface area contributed by atoms with Crippen LogP contribution in [-0.4, -0.2) is 51.8 Å². The van der Waals surface area contributed by atoms with Crippen LogP contribution in [0, 0.1) is 10.8 Å². The Morgan fingerprint density at radius 1 is 1.04 bits per heavy atom. The van der Waals surface area contributed by atoms with Crippen molar-refractivity contribution in [1.82, 2.24) is 24.6 Å². The van der Waals surface area contributed by atoms with Gasteiger partial charge in [0, 0.05) is 18.0 Å². The molecule has 5 rings (SSSR count). The maximum atomic E-state index is 13.3. The lowest BCUT2D eigenvalue weighted by Crippen LogP contribution is -2.36. The molecule has 0 radical (unpaired) electrons. The molecule has 0 unspecified atom stereocenters. The molecule has 0 aliphatic heterocycles. The van der Waals surface area contributed by atoms with Crippen LogP contribution < -0.4 is 20.9 Å². The van der Waals surface area contributed by atoms with Crippen LogP contribution in [0.25, 0.3) is 0 Å². The van der Waals surface area contributed by atoms with E-state index in [1.807, 2.05) is 49.1 Å². The minimum absolute atomic E-state index is 0.0250. The van der Waals surface area contributed by atoms with E-state index in [9.17, 15) is 4.79 Å². The third-order valence-electron chi connectivity index (χ3n) is 7.93. The van der Waals surface area contributed by atoms with Gasteiger partial charge in [-0.05, 0) is 62.3 Å². The van der Waals surface area contributed by atoms with Gasteiger partial charge in [-0.3, -0.25) is 20.7 Å². The van der Waals surface area contributed by atoms with Crippen molar-refractivity contribution < 1.29 is 9.53 Å². The van der Waals surface area contributed by atoms with E-state index < -0.39 is 0 Å². The summed E-state index contributed by atoms with van der Waals surface area (Å²) in [6, 6.07) is 17.7. The van der Waals surface area contributed by atoms with Gasteiger partial charge in [-0.25, -0.2) is 9.48 Å². The number of carbonyl (C=O) groups is 1. The number of ether oxygens (including phenoxy) is 1. The number of urea groups is 1. The predicted molar refractivity (Wildman–Crippen MR) is 182 cm³/mol. The van der Waals surface area contributed by atoms with Crippen molar-refractivity contribution in [2.24, 2.45) is 0 Å². The number of benzene rings is 2. The van der Waals surface area contributed by atoms with E-state index >= 15 is 0 Å². The maximum absolute atomic E-state index is 13.3. The van der Waals surface area contributed by atoms with Gasteiger partial charge in [-0.2, -0.15) is 5.10 Å². The Bertz CT molecular complexity index is 1790. The Balaban J connectivity index is 1.33. The van der Waals surface area contributed by atoms with Crippen molar-refractivity contribution in [3.63, 3.8) is 0 Å². The molecule has 4 N–H and O–H groups in total. The van der Waals surface area contributed by atoms with Crippen molar-refractivity contribution in [2.75, 3.05) is 26.0 Å². The highest BCUT2D eigenvalue weighted by atomic mass is 35.5. The van der Waals surface area contributed by atoms with Gasteiger partial charge in [-0.15, -0.1) is 0 Å². The van der Waals surface area contributed by atoms with Gasteiger partial charge in [-0.1, -0.05) is 74.3 Å². The quantitative estimate of drug-likeness (QED) is 0.120. The average Bonchev–Trinajstić information content (AvgIpc) is 3.41. The molecule has 1 aliphatic carbocycles. The molecule has 1 aliphatic rings. The minimum atomic E-state index is -0.297. The summed E-state index contributed by atoms with van der Waals surface area (Å²) in [6.45, 7) is 7.75. The number of amides is 2. The molecule has 0 bridgehead atoms. The molecule has 2 heterocycles. The van der Waals surface area contributed by atoms with E-state index in [1.165, 1.54) is 4.57 Å². The van der Waals surface area contributed by atoms with E-state index in [0.717, 1.165) is 23.4 Å². The van der Waals surface area contributed by atoms with Gasteiger partial charge >= 0.3 is 6.03 Å². The van der Waals surface area contributed by atoms with Gasteiger partial charge < -0.3 is 15.0 Å². The molecule has 0 spiro atoms. The number of fused-ring (bicyclic) bond motifs is 1. The lowest BCUT2D eigenvalue weighted by Gasteiger charge is -2.32. The van der Waals surface area contributed by atoms with Crippen LogP contribution in [0.4, 0.5) is 10.6 Å². The summed E-state index contributed by atoms with van der Waals surface area (Å²) in [4.78, 5) is 15.4. The molecule has 0 saturated heterocycles. The van der Waals surface area contributed by atoms with E-state index in [4.69, 9.17) is 43.9 Å². The summed E-state index contributed by atoms with van der Waals surface area (Å²) >= 11 is 12.7. The number of nitrogens with one attached hydrogen (secondary N) is 4. The number of pyridine rings is 1.